The molecule has 2 atom stereocenters. The van der Waals surface area contributed by atoms with E-state index in [9.17, 15) is 9.59 Å². The Hall–Kier alpha value is -2.88. The molecule has 0 aliphatic heterocycles. The topological polar surface area (TPSA) is 55.4 Å². The molecule has 0 bridgehead atoms. The molecule has 0 saturated carbocycles. The zero-order chi connectivity index (χ0) is 19.8. The molecule has 0 fully saturated rings. The largest absolute Gasteiger partial charge is 0.468 e. The van der Waals surface area contributed by atoms with Gasteiger partial charge >= 0.3 is 5.97 Å². The number of ketones is 1. The lowest BCUT2D eigenvalue weighted by atomic mass is 9.76. The molecule has 2 aromatic carbocycles. The zero-order valence-corrected chi connectivity index (χ0v) is 16.3. The second-order valence-corrected chi connectivity index (χ2v) is 7.16. The van der Waals surface area contributed by atoms with Crippen molar-refractivity contribution in [2.45, 2.75) is 31.6 Å². The van der Waals surface area contributed by atoms with Gasteiger partial charge < -0.3 is 10.1 Å². The number of allylic oxidation sites excluding steroid dienone is 2. The molecule has 0 spiro atoms. The Bertz CT molecular complexity index is 814. The summed E-state index contributed by atoms with van der Waals surface area (Å²) < 4.78 is 4.89. The highest BCUT2D eigenvalue weighted by Crippen LogP contribution is 2.35. The fourth-order valence-electron chi connectivity index (χ4n) is 3.76. The van der Waals surface area contributed by atoms with Crippen LogP contribution in [-0.2, 0) is 20.7 Å². The van der Waals surface area contributed by atoms with Crippen molar-refractivity contribution in [1.29, 1.82) is 0 Å². The number of benzene rings is 2. The molecule has 0 amide bonds. The number of esters is 1. The van der Waals surface area contributed by atoms with Gasteiger partial charge in [0.1, 0.15) is 5.92 Å². The van der Waals surface area contributed by atoms with Crippen LogP contribution in [0.15, 0.2) is 72.4 Å². The van der Waals surface area contributed by atoms with Crippen LogP contribution < -0.4 is 5.32 Å². The van der Waals surface area contributed by atoms with Crippen LogP contribution in [-0.4, -0.2) is 25.4 Å². The van der Waals surface area contributed by atoms with Crippen LogP contribution in [0.4, 0.5) is 0 Å². The van der Waals surface area contributed by atoms with Crippen LogP contribution in [0.2, 0.25) is 0 Å². The van der Waals surface area contributed by atoms with Crippen molar-refractivity contribution in [3.05, 3.63) is 83.6 Å². The predicted octanol–water partition coefficient (Wildman–Crippen LogP) is 4.03. The monoisotopic (exact) mass is 377 g/mol. The van der Waals surface area contributed by atoms with Crippen LogP contribution >= 0.6 is 0 Å². The molecule has 2 unspecified atom stereocenters. The van der Waals surface area contributed by atoms with E-state index in [2.05, 4.69) is 29.6 Å². The van der Waals surface area contributed by atoms with Gasteiger partial charge in [-0.1, -0.05) is 60.7 Å². The first-order chi connectivity index (χ1) is 13.7. The summed E-state index contributed by atoms with van der Waals surface area (Å²) in [4.78, 5) is 24.9. The van der Waals surface area contributed by atoms with Gasteiger partial charge in [-0.15, -0.1) is 0 Å². The highest BCUT2D eigenvalue weighted by molar-refractivity contribution is 6.07. The Morgan fingerprint density at radius 2 is 1.71 bits per heavy atom. The van der Waals surface area contributed by atoms with Gasteiger partial charge in [-0.05, 0) is 36.8 Å². The molecule has 0 heterocycles. The smallest absolute Gasteiger partial charge is 0.317 e. The summed E-state index contributed by atoms with van der Waals surface area (Å²) in [6.07, 6.45) is 5.38. The van der Waals surface area contributed by atoms with E-state index in [1.54, 1.807) is 6.08 Å². The molecule has 1 N–H and O–H groups in total. The van der Waals surface area contributed by atoms with Crippen molar-refractivity contribution in [2.75, 3.05) is 13.7 Å². The standard InChI is InChI=1S/C24H27NO3/c1-28-24(27)23-21(19-13-6-3-7-14-19)16-20(17-22(23)26)25-15-9-8-12-18-10-4-2-5-11-18/h2-7,10-11,13-14,17,21,23,25H,8-9,12,15-16H2,1H3. The molecule has 28 heavy (non-hydrogen) atoms. The molecular formula is C24H27NO3. The normalized spacial score (nSPS) is 19.0. The minimum Gasteiger partial charge on any atom is -0.468 e. The van der Waals surface area contributed by atoms with Gasteiger partial charge in [0, 0.05) is 24.2 Å². The second kappa shape index (κ2) is 9.88. The third kappa shape index (κ3) is 5.10. The van der Waals surface area contributed by atoms with Crippen molar-refractivity contribution in [1.82, 2.24) is 5.32 Å². The molecule has 4 heteroatoms. The number of aryl methyl sites for hydroxylation is 1. The molecule has 2 aromatic rings. The number of nitrogens with one attached hydrogen (secondary N) is 1. The lowest BCUT2D eigenvalue weighted by Gasteiger charge is -2.29. The van der Waals surface area contributed by atoms with Crippen molar-refractivity contribution < 1.29 is 14.3 Å². The molecule has 146 valence electrons. The maximum absolute atomic E-state index is 12.6. The van der Waals surface area contributed by atoms with Gasteiger partial charge in [-0.2, -0.15) is 0 Å². The Morgan fingerprint density at radius 3 is 2.39 bits per heavy atom. The average Bonchev–Trinajstić information content (AvgIpc) is 2.74. The molecule has 1 aliphatic rings. The van der Waals surface area contributed by atoms with E-state index in [0.29, 0.717) is 6.42 Å². The van der Waals surface area contributed by atoms with Gasteiger partial charge in [0.15, 0.2) is 5.78 Å². The van der Waals surface area contributed by atoms with E-state index in [-0.39, 0.29) is 11.7 Å². The highest BCUT2D eigenvalue weighted by atomic mass is 16.5. The van der Waals surface area contributed by atoms with Crippen LogP contribution in [0.5, 0.6) is 0 Å². The Kier molecular flexibility index (Phi) is 7.01. The number of unbranched alkanes of at least 4 members (excludes halogenated alkanes) is 1. The van der Waals surface area contributed by atoms with Crippen molar-refractivity contribution >= 4 is 11.8 Å². The Labute approximate surface area is 166 Å². The third-order valence-corrected chi connectivity index (χ3v) is 5.24. The van der Waals surface area contributed by atoms with E-state index in [1.807, 2.05) is 36.4 Å². The number of rotatable bonds is 8. The number of carbonyl (C=O) groups is 2. The summed E-state index contributed by atoms with van der Waals surface area (Å²) in [5.41, 5.74) is 3.24. The number of hydrogen-bond acceptors (Lipinski definition) is 4. The Balaban J connectivity index is 1.59. The summed E-state index contributed by atoms with van der Waals surface area (Å²) in [6.45, 7) is 0.816. The molecular weight excluding hydrogens is 350 g/mol. The number of methoxy groups -OCH3 is 1. The molecule has 3 rings (SSSR count). The first kappa shape index (κ1) is 19.9. The van der Waals surface area contributed by atoms with Crippen LogP contribution in [0.3, 0.4) is 0 Å². The minimum absolute atomic E-state index is 0.182. The van der Waals surface area contributed by atoms with E-state index in [4.69, 9.17) is 4.74 Å². The van der Waals surface area contributed by atoms with Gasteiger partial charge in [-0.25, -0.2) is 0 Å². The number of hydrogen-bond donors (Lipinski definition) is 1. The van der Waals surface area contributed by atoms with Crippen LogP contribution in [0, 0.1) is 5.92 Å². The van der Waals surface area contributed by atoms with Crippen molar-refractivity contribution in [2.24, 2.45) is 5.92 Å². The SMILES string of the molecule is COC(=O)C1C(=O)C=C(NCCCCc2ccccc2)CC1c1ccccc1. The van der Waals surface area contributed by atoms with Gasteiger partial charge in [0.05, 0.1) is 7.11 Å². The first-order valence-electron chi connectivity index (χ1n) is 9.84. The maximum atomic E-state index is 12.6. The summed E-state index contributed by atoms with van der Waals surface area (Å²) in [7, 11) is 1.34. The first-order valence-corrected chi connectivity index (χ1v) is 9.84. The second-order valence-electron chi connectivity index (χ2n) is 7.16. The lowest BCUT2D eigenvalue weighted by Crippen LogP contribution is -2.36. The van der Waals surface area contributed by atoms with Crippen LogP contribution in [0.25, 0.3) is 0 Å². The van der Waals surface area contributed by atoms with Gasteiger partial charge in [-0.3, -0.25) is 9.59 Å². The summed E-state index contributed by atoms with van der Waals surface area (Å²) in [6, 6.07) is 20.2. The predicted molar refractivity (Wildman–Crippen MR) is 110 cm³/mol. The van der Waals surface area contributed by atoms with E-state index in [1.165, 1.54) is 12.7 Å². The Morgan fingerprint density at radius 1 is 1.04 bits per heavy atom. The van der Waals surface area contributed by atoms with Crippen LogP contribution in [0.1, 0.15) is 36.3 Å². The average molecular weight is 377 g/mol. The van der Waals surface area contributed by atoms with Crippen molar-refractivity contribution in [3.8, 4) is 0 Å². The van der Waals surface area contributed by atoms with Gasteiger partial charge in [0.25, 0.3) is 0 Å². The highest BCUT2D eigenvalue weighted by Gasteiger charge is 2.39. The van der Waals surface area contributed by atoms with E-state index < -0.39 is 11.9 Å². The lowest BCUT2D eigenvalue weighted by molar-refractivity contribution is -0.149. The summed E-state index contributed by atoms with van der Waals surface area (Å²) in [5, 5.41) is 3.40. The fraction of sp³-hybridized carbons (Fsp3) is 0.333. The van der Waals surface area contributed by atoms with E-state index >= 15 is 0 Å². The molecule has 0 aromatic heterocycles. The molecule has 0 radical (unpaired) electrons. The zero-order valence-electron chi connectivity index (χ0n) is 16.3. The summed E-state index contributed by atoms with van der Waals surface area (Å²) in [5.74, 6) is -1.61. The number of ether oxygens (including phenoxy) is 1. The molecule has 4 nitrogen and oxygen atoms in total. The number of carbonyl (C=O) groups excluding carboxylic acids is 2. The van der Waals surface area contributed by atoms with E-state index in [0.717, 1.165) is 37.1 Å². The molecule has 1 aliphatic carbocycles. The third-order valence-electron chi connectivity index (χ3n) is 5.24. The fourth-order valence-corrected chi connectivity index (χ4v) is 3.76. The summed E-state index contributed by atoms with van der Waals surface area (Å²) >= 11 is 0. The quantitative estimate of drug-likeness (QED) is 0.429. The molecule has 0 saturated heterocycles. The van der Waals surface area contributed by atoms with Gasteiger partial charge in [0.2, 0.25) is 0 Å². The minimum atomic E-state index is -0.768. The maximum Gasteiger partial charge on any atom is 0.317 e. The van der Waals surface area contributed by atoms with Crippen molar-refractivity contribution in [3.63, 3.8) is 0 Å².